The number of amides is 1. The van der Waals surface area contributed by atoms with E-state index in [0.717, 1.165) is 12.1 Å². The van der Waals surface area contributed by atoms with Gasteiger partial charge in [-0.05, 0) is 26.3 Å². The summed E-state index contributed by atoms with van der Waals surface area (Å²) in [5, 5.41) is 6.68. The van der Waals surface area contributed by atoms with Gasteiger partial charge in [0.05, 0.1) is 6.04 Å². The molecule has 0 fully saturated rings. The normalized spacial score (nSPS) is 12.0. The highest BCUT2D eigenvalue weighted by molar-refractivity contribution is 7.18. The third-order valence-corrected chi connectivity index (χ3v) is 4.14. The predicted molar refractivity (Wildman–Crippen MR) is 87.8 cm³/mol. The van der Waals surface area contributed by atoms with Gasteiger partial charge in [0, 0.05) is 6.54 Å². The first-order valence-electron chi connectivity index (χ1n) is 6.88. The Morgan fingerprint density at radius 1 is 1.38 bits per heavy atom. The van der Waals surface area contributed by atoms with Crippen LogP contribution in [0.5, 0.6) is 0 Å². The van der Waals surface area contributed by atoms with E-state index in [1.54, 1.807) is 0 Å². The Hall–Kier alpha value is -2.08. The molecule has 112 valence electrons. The number of carbonyl (C=O) groups is 1. The van der Waals surface area contributed by atoms with Gasteiger partial charge in [-0.1, -0.05) is 41.2 Å². The molecule has 0 radical (unpaired) electrons. The second-order valence-electron chi connectivity index (χ2n) is 4.87. The molecule has 1 unspecified atom stereocenters. The number of anilines is 2. The molecule has 1 atom stereocenters. The fourth-order valence-corrected chi connectivity index (χ4v) is 2.78. The summed E-state index contributed by atoms with van der Waals surface area (Å²) < 4.78 is 0. The van der Waals surface area contributed by atoms with Crippen LogP contribution in [0.2, 0.25) is 0 Å². The van der Waals surface area contributed by atoms with Crippen molar-refractivity contribution in [2.75, 3.05) is 17.6 Å². The smallest absolute Gasteiger partial charge is 0.265 e. The standard InChI is InChI=1S/C15H20N4OS/c1-4-17-15-19-13(16)12(21-15)14(20)18-10(3)11-7-5-9(2)6-8-11/h5-8,10H,4,16H2,1-3H3,(H,17,19)(H,18,20). The molecule has 0 aliphatic rings. The minimum Gasteiger partial charge on any atom is -0.382 e. The highest BCUT2D eigenvalue weighted by atomic mass is 32.1. The van der Waals surface area contributed by atoms with Gasteiger partial charge in [-0.2, -0.15) is 0 Å². The molecule has 1 amide bonds. The lowest BCUT2D eigenvalue weighted by atomic mass is 10.1. The predicted octanol–water partition coefficient (Wildman–Crippen LogP) is 2.96. The molecule has 21 heavy (non-hydrogen) atoms. The molecule has 0 aliphatic heterocycles. The molecule has 1 heterocycles. The molecule has 1 aromatic heterocycles. The van der Waals surface area contributed by atoms with Crippen LogP contribution in [0.4, 0.5) is 10.9 Å². The fraction of sp³-hybridized carbons (Fsp3) is 0.333. The van der Waals surface area contributed by atoms with Crippen molar-refractivity contribution in [1.29, 1.82) is 0 Å². The van der Waals surface area contributed by atoms with Gasteiger partial charge in [-0.25, -0.2) is 4.98 Å². The average Bonchev–Trinajstić information content (AvgIpc) is 2.81. The van der Waals surface area contributed by atoms with E-state index in [0.29, 0.717) is 10.0 Å². The largest absolute Gasteiger partial charge is 0.382 e. The third-order valence-electron chi connectivity index (χ3n) is 3.11. The zero-order valence-electron chi connectivity index (χ0n) is 12.4. The van der Waals surface area contributed by atoms with Gasteiger partial charge in [0.25, 0.3) is 5.91 Å². The maximum Gasteiger partial charge on any atom is 0.265 e. The molecular formula is C15H20N4OS. The lowest BCUT2D eigenvalue weighted by molar-refractivity contribution is 0.0944. The summed E-state index contributed by atoms with van der Waals surface area (Å²) in [4.78, 5) is 16.9. The van der Waals surface area contributed by atoms with E-state index in [4.69, 9.17) is 5.73 Å². The Kier molecular flexibility index (Phi) is 4.80. The number of thiazole rings is 1. The number of aryl methyl sites for hydroxylation is 1. The molecule has 1 aromatic carbocycles. The number of benzene rings is 1. The number of rotatable bonds is 5. The number of nitrogens with zero attached hydrogens (tertiary/aromatic N) is 1. The van der Waals surface area contributed by atoms with Crippen LogP contribution in [-0.2, 0) is 0 Å². The Balaban J connectivity index is 2.08. The second kappa shape index (κ2) is 6.58. The number of nitrogens with one attached hydrogen (secondary N) is 2. The van der Waals surface area contributed by atoms with Crippen LogP contribution >= 0.6 is 11.3 Å². The van der Waals surface area contributed by atoms with E-state index in [1.165, 1.54) is 16.9 Å². The molecule has 6 heteroatoms. The quantitative estimate of drug-likeness (QED) is 0.793. The van der Waals surface area contributed by atoms with Crippen molar-refractivity contribution in [2.24, 2.45) is 0 Å². The molecular weight excluding hydrogens is 284 g/mol. The number of carbonyl (C=O) groups excluding carboxylic acids is 1. The second-order valence-corrected chi connectivity index (χ2v) is 5.87. The van der Waals surface area contributed by atoms with Gasteiger partial charge in [0.1, 0.15) is 10.7 Å². The highest BCUT2D eigenvalue weighted by Gasteiger charge is 2.18. The van der Waals surface area contributed by atoms with Crippen LogP contribution in [-0.4, -0.2) is 17.4 Å². The van der Waals surface area contributed by atoms with Crippen molar-refractivity contribution in [1.82, 2.24) is 10.3 Å². The summed E-state index contributed by atoms with van der Waals surface area (Å²) in [6.45, 7) is 6.70. The average molecular weight is 304 g/mol. The maximum absolute atomic E-state index is 12.3. The summed E-state index contributed by atoms with van der Waals surface area (Å²) in [7, 11) is 0. The Labute approximate surface area is 128 Å². The Morgan fingerprint density at radius 2 is 2.05 bits per heavy atom. The van der Waals surface area contributed by atoms with Crippen molar-refractivity contribution >= 4 is 28.2 Å². The summed E-state index contributed by atoms with van der Waals surface area (Å²) >= 11 is 1.27. The van der Waals surface area contributed by atoms with Gasteiger partial charge in [0.2, 0.25) is 0 Å². The van der Waals surface area contributed by atoms with E-state index >= 15 is 0 Å². The minimum absolute atomic E-state index is 0.0813. The summed E-state index contributed by atoms with van der Waals surface area (Å²) in [6.07, 6.45) is 0. The van der Waals surface area contributed by atoms with Crippen LogP contribution in [0.3, 0.4) is 0 Å². The van der Waals surface area contributed by atoms with E-state index in [1.807, 2.05) is 45.0 Å². The molecule has 0 saturated carbocycles. The van der Waals surface area contributed by atoms with Crippen LogP contribution < -0.4 is 16.4 Å². The first-order chi connectivity index (χ1) is 10.0. The van der Waals surface area contributed by atoms with Crippen molar-refractivity contribution < 1.29 is 4.79 Å². The molecule has 4 N–H and O–H groups in total. The monoisotopic (exact) mass is 304 g/mol. The fourth-order valence-electron chi connectivity index (χ4n) is 1.92. The van der Waals surface area contributed by atoms with E-state index in [9.17, 15) is 4.79 Å². The van der Waals surface area contributed by atoms with E-state index < -0.39 is 0 Å². The molecule has 0 saturated heterocycles. The minimum atomic E-state index is -0.192. The third kappa shape index (κ3) is 3.72. The lowest BCUT2D eigenvalue weighted by Gasteiger charge is -2.14. The number of aromatic nitrogens is 1. The van der Waals surface area contributed by atoms with Gasteiger partial charge in [-0.3, -0.25) is 4.79 Å². The first kappa shape index (κ1) is 15.3. The van der Waals surface area contributed by atoms with Crippen molar-refractivity contribution in [3.8, 4) is 0 Å². The molecule has 2 rings (SSSR count). The van der Waals surface area contributed by atoms with Crippen LogP contribution in [0.25, 0.3) is 0 Å². The number of hydrogen-bond donors (Lipinski definition) is 3. The lowest BCUT2D eigenvalue weighted by Crippen LogP contribution is -2.26. The van der Waals surface area contributed by atoms with Crippen molar-refractivity contribution in [3.63, 3.8) is 0 Å². The summed E-state index contributed by atoms with van der Waals surface area (Å²) in [5.41, 5.74) is 8.06. The van der Waals surface area contributed by atoms with Crippen molar-refractivity contribution in [2.45, 2.75) is 26.8 Å². The Morgan fingerprint density at radius 3 is 2.67 bits per heavy atom. The summed E-state index contributed by atoms with van der Waals surface area (Å²) in [5.74, 6) is 0.0757. The van der Waals surface area contributed by atoms with Gasteiger partial charge >= 0.3 is 0 Å². The topological polar surface area (TPSA) is 80.0 Å². The molecule has 0 aliphatic carbocycles. The molecule has 2 aromatic rings. The van der Waals surface area contributed by atoms with Crippen molar-refractivity contribution in [3.05, 3.63) is 40.3 Å². The SMILES string of the molecule is CCNc1nc(N)c(C(=O)NC(C)c2ccc(C)cc2)s1. The molecule has 5 nitrogen and oxygen atoms in total. The first-order valence-corrected chi connectivity index (χ1v) is 7.70. The maximum atomic E-state index is 12.3. The number of nitrogen functional groups attached to an aromatic ring is 1. The van der Waals surface area contributed by atoms with Gasteiger partial charge in [0.15, 0.2) is 5.13 Å². The number of hydrogen-bond acceptors (Lipinski definition) is 5. The highest BCUT2D eigenvalue weighted by Crippen LogP contribution is 2.25. The molecule has 0 spiro atoms. The van der Waals surface area contributed by atoms with Crippen LogP contribution in [0.15, 0.2) is 24.3 Å². The summed E-state index contributed by atoms with van der Waals surface area (Å²) in [6, 6.07) is 8.01. The van der Waals surface area contributed by atoms with Gasteiger partial charge < -0.3 is 16.4 Å². The van der Waals surface area contributed by atoms with Crippen LogP contribution in [0.1, 0.15) is 40.7 Å². The van der Waals surface area contributed by atoms with Crippen LogP contribution in [0, 0.1) is 6.92 Å². The zero-order chi connectivity index (χ0) is 15.4. The van der Waals surface area contributed by atoms with E-state index in [-0.39, 0.29) is 17.8 Å². The van der Waals surface area contributed by atoms with Gasteiger partial charge in [-0.15, -0.1) is 0 Å². The number of nitrogens with two attached hydrogens (primary N) is 1. The molecule has 0 bridgehead atoms. The van der Waals surface area contributed by atoms with E-state index in [2.05, 4.69) is 15.6 Å². The Bertz CT molecular complexity index is 621. The zero-order valence-corrected chi connectivity index (χ0v) is 13.3.